The Kier molecular flexibility index (Phi) is 7.16. The van der Waals surface area contributed by atoms with Gasteiger partial charge in [-0.15, -0.1) is 0 Å². The van der Waals surface area contributed by atoms with Gasteiger partial charge in [-0.3, -0.25) is 9.36 Å². The summed E-state index contributed by atoms with van der Waals surface area (Å²) in [5.74, 6) is -1.67. The van der Waals surface area contributed by atoms with Gasteiger partial charge in [-0.1, -0.05) is 0 Å². The molecule has 10 nitrogen and oxygen atoms in total. The van der Waals surface area contributed by atoms with E-state index in [2.05, 4.69) is 29.7 Å². The van der Waals surface area contributed by atoms with Crippen LogP contribution in [0.1, 0.15) is 54.6 Å². The normalized spacial score (nSPS) is 15.1. The van der Waals surface area contributed by atoms with E-state index >= 15 is 4.39 Å². The number of methoxy groups -OCH3 is 1. The van der Waals surface area contributed by atoms with Crippen molar-refractivity contribution in [2.75, 3.05) is 7.11 Å². The molecule has 7 rings (SSSR count). The minimum atomic E-state index is -4.73. The maximum absolute atomic E-state index is 15.8. The van der Waals surface area contributed by atoms with Gasteiger partial charge in [0.15, 0.2) is 11.5 Å². The molecule has 0 N–H and O–H groups in total. The summed E-state index contributed by atoms with van der Waals surface area (Å²) in [7, 11) is 1.25. The van der Waals surface area contributed by atoms with Crippen LogP contribution in [0.2, 0.25) is 0 Å². The molecule has 0 unspecified atom stereocenters. The summed E-state index contributed by atoms with van der Waals surface area (Å²) in [6.45, 7) is -3.40. The standard InChI is InChI=1S/C30H23F6N7O3/c1-45-19-9-14(8-18(31)22(19)27-40-20(30(34,35)36)12-42(27)17-5-6-17)11-43-21(44)7-4-16-10-37-25(41-26(16)43)23-24(15-2-3-15)38-13-39-28(23)46-29(32)33/h4,7-10,12-13,15,17,29H,2-3,5-6,11H2,1H3. The molecule has 0 atom stereocenters. The van der Waals surface area contributed by atoms with Gasteiger partial charge in [-0.2, -0.15) is 22.0 Å². The summed E-state index contributed by atoms with van der Waals surface area (Å²) in [6, 6.07) is 5.01. The number of halogens is 6. The van der Waals surface area contributed by atoms with Gasteiger partial charge in [0.05, 0.1) is 24.9 Å². The van der Waals surface area contributed by atoms with Crippen LogP contribution in [0, 0.1) is 5.82 Å². The molecule has 0 spiro atoms. The number of aromatic nitrogens is 7. The van der Waals surface area contributed by atoms with Gasteiger partial charge in [0.1, 0.15) is 34.9 Å². The molecule has 2 aliphatic rings. The number of hydrogen-bond donors (Lipinski definition) is 0. The number of nitrogens with zero attached hydrogens (tertiary/aromatic N) is 7. The monoisotopic (exact) mass is 643 g/mol. The Balaban J connectivity index is 1.32. The van der Waals surface area contributed by atoms with E-state index in [1.165, 1.54) is 40.6 Å². The van der Waals surface area contributed by atoms with Gasteiger partial charge < -0.3 is 14.0 Å². The lowest BCUT2D eigenvalue weighted by atomic mass is 10.1. The summed E-state index contributed by atoms with van der Waals surface area (Å²) in [6.07, 6.45) is 1.48. The number of ether oxygens (including phenoxy) is 2. The first-order valence-electron chi connectivity index (χ1n) is 14.2. The maximum Gasteiger partial charge on any atom is 0.434 e. The van der Waals surface area contributed by atoms with Gasteiger partial charge >= 0.3 is 12.8 Å². The number of imidazole rings is 1. The molecule has 0 bridgehead atoms. The molecule has 4 aromatic heterocycles. The number of benzene rings is 1. The fraction of sp³-hybridized carbons (Fsp3) is 0.333. The van der Waals surface area contributed by atoms with Gasteiger partial charge in [-0.05, 0) is 49.4 Å². The largest absolute Gasteiger partial charge is 0.496 e. The van der Waals surface area contributed by atoms with E-state index in [4.69, 9.17) is 4.74 Å². The van der Waals surface area contributed by atoms with Crippen LogP contribution >= 0.6 is 0 Å². The van der Waals surface area contributed by atoms with E-state index in [0.717, 1.165) is 31.4 Å². The molecule has 5 aromatic rings. The first-order chi connectivity index (χ1) is 22.0. The molecule has 0 saturated heterocycles. The lowest BCUT2D eigenvalue weighted by Crippen LogP contribution is -2.21. The number of rotatable bonds is 9. The van der Waals surface area contributed by atoms with Crippen molar-refractivity contribution in [2.24, 2.45) is 0 Å². The summed E-state index contributed by atoms with van der Waals surface area (Å²) in [5.41, 5.74) is -1.05. The van der Waals surface area contributed by atoms with Crippen molar-refractivity contribution in [1.29, 1.82) is 0 Å². The molecular formula is C30H23F6N7O3. The Hall–Kier alpha value is -5.02. The Bertz CT molecular complexity index is 2040. The van der Waals surface area contributed by atoms with Gasteiger partial charge in [0.25, 0.3) is 5.56 Å². The van der Waals surface area contributed by atoms with Crippen molar-refractivity contribution < 1.29 is 35.8 Å². The molecule has 0 amide bonds. The van der Waals surface area contributed by atoms with Crippen molar-refractivity contribution in [1.82, 2.24) is 34.1 Å². The minimum Gasteiger partial charge on any atom is -0.496 e. The van der Waals surface area contributed by atoms with E-state index in [1.54, 1.807) is 0 Å². The third-order valence-corrected chi connectivity index (χ3v) is 7.81. The molecule has 2 saturated carbocycles. The summed E-state index contributed by atoms with van der Waals surface area (Å²) < 4.78 is 95.5. The molecular weight excluding hydrogens is 620 g/mol. The second-order valence-electron chi connectivity index (χ2n) is 11.1. The van der Waals surface area contributed by atoms with Crippen LogP contribution in [-0.2, 0) is 12.7 Å². The molecule has 46 heavy (non-hydrogen) atoms. The van der Waals surface area contributed by atoms with Gasteiger partial charge in [0.2, 0.25) is 5.88 Å². The Morgan fingerprint density at radius 3 is 2.48 bits per heavy atom. The lowest BCUT2D eigenvalue weighted by molar-refractivity contribution is -0.140. The average molecular weight is 644 g/mol. The van der Waals surface area contributed by atoms with Crippen molar-refractivity contribution in [3.8, 4) is 34.4 Å². The van der Waals surface area contributed by atoms with Crippen molar-refractivity contribution in [2.45, 2.75) is 57.0 Å². The van der Waals surface area contributed by atoms with Crippen molar-refractivity contribution in [3.05, 3.63) is 76.1 Å². The Labute approximate surface area is 255 Å². The fourth-order valence-electron chi connectivity index (χ4n) is 5.41. The first-order valence-corrected chi connectivity index (χ1v) is 14.2. The zero-order valence-corrected chi connectivity index (χ0v) is 23.9. The van der Waals surface area contributed by atoms with Crippen LogP contribution in [0.4, 0.5) is 26.3 Å². The molecule has 1 aromatic carbocycles. The Morgan fingerprint density at radius 2 is 1.80 bits per heavy atom. The summed E-state index contributed by atoms with van der Waals surface area (Å²) >= 11 is 0. The predicted molar refractivity (Wildman–Crippen MR) is 150 cm³/mol. The third-order valence-electron chi connectivity index (χ3n) is 7.81. The number of hydrogen-bond acceptors (Lipinski definition) is 8. The second kappa shape index (κ2) is 11.1. The van der Waals surface area contributed by atoms with Crippen LogP contribution in [0.25, 0.3) is 33.8 Å². The topological polar surface area (TPSA) is 110 Å². The van der Waals surface area contributed by atoms with E-state index in [0.29, 0.717) is 23.9 Å². The van der Waals surface area contributed by atoms with E-state index in [1.807, 2.05) is 0 Å². The first kappa shape index (κ1) is 29.7. The minimum absolute atomic E-state index is 0.0213. The molecule has 2 aliphatic carbocycles. The zero-order chi connectivity index (χ0) is 32.3. The van der Waals surface area contributed by atoms with E-state index in [-0.39, 0.29) is 58.2 Å². The number of alkyl halides is 5. The molecule has 4 heterocycles. The molecule has 0 radical (unpaired) electrons. The van der Waals surface area contributed by atoms with E-state index in [9.17, 15) is 26.7 Å². The Morgan fingerprint density at radius 1 is 1.02 bits per heavy atom. The zero-order valence-electron chi connectivity index (χ0n) is 23.9. The molecule has 238 valence electrons. The quantitative estimate of drug-likeness (QED) is 0.176. The highest BCUT2D eigenvalue weighted by Gasteiger charge is 2.38. The number of pyridine rings is 1. The van der Waals surface area contributed by atoms with Gasteiger partial charge in [0, 0.05) is 35.8 Å². The highest BCUT2D eigenvalue weighted by molar-refractivity contribution is 5.78. The number of fused-ring (bicyclic) bond motifs is 1. The van der Waals surface area contributed by atoms with Crippen LogP contribution < -0.4 is 15.0 Å². The van der Waals surface area contributed by atoms with Crippen LogP contribution in [0.5, 0.6) is 11.6 Å². The second-order valence-corrected chi connectivity index (χ2v) is 11.1. The predicted octanol–water partition coefficient (Wildman–Crippen LogP) is 6.14. The smallest absolute Gasteiger partial charge is 0.434 e. The van der Waals surface area contributed by atoms with Crippen LogP contribution in [0.15, 0.2) is 47.8 Å². The molecule has 0 aliphatic heterocycles. The highest BCUT2D eigenvalue weighted by Crippen LogP contribution is 2.46. The SMILES string of the molecule is COc1cc(Cn2c(=O)ccc3cnc(-c4c(OC(F)F)ncnc4C4CC4)nc32)cc(F)c1-c1nc(C(F)(F)F)cn1C1CC1. The summed E-state index contributed by atoms with van der Waals surface area (Å²) in [5, 5.41) is 0.416. The molecule has 16 heteroatoms. The highest BCUT2D eigenvalue weighted by atomic mass is 19.4. The fourth-order valence-corrected chi connectivity index (χ4v) is 5.41. The molecule has 2 fully saturated rings. The lowest BCUT2D eigenvalue weighted by Gasteiger charge is -2.16. The van der Waals surface area contributed by atoms with Gasteiger partial charge in [-0.25, -0.2) is 29.3 Å². The third kappa shape index (κ3) is 5.51. The van der Waals surface area contributed by atoms with E-state index < -0.39 is 35.7 Å². The average Bonchev–Trinajstić information content (AvgIpc) is 3.95. The van der Waals surface area contributed by atoms with Crippen LogP contribution in [0.3, 0.4) is 0 Å². The van der Waals surface area contributed by atoms with Crippen LogP contribution in [-0.4, -0.2) is 47.8 Å². The van der Waals surface area contributed by atoms with Crippen molar-refractivity contribution >= 4 is 11.0 Å². The van der Waals surface area contributed by atoms with Crippen molar-refractivity contribution in [3.63, 3.8) is 0 Å². The summed E-state index contributed by atoms with van der Waals surface area (Å²) in [4.78, 5) is 33.8. The maximum atomic E-state index is 15.8.